The number of nitrogens with two attached hydrogens (primary N) is 1. The molecule has 3 rings (SSSR count). The molecule has 0 spiro atoms. The second kappa shape index (κ2) is 4.75. The number of benzene rings is 1. The van der Waals surface area contributed by atoms with E-state index in [0.717, 1.165) is 44.0 Å². The van der Waals surface area contributed by atoms with Gasteiger partial charge in [0, 0.05) is 35.6 Å². The van der Waals surface area contributed by atoms with E-state index in [1.807, 2.05) is 6.92 Å². The molecule has 2 aliphatic heterocycles. The molecular weight excluding hydrogens is 238 g/mol. The molecule has 94 valence electrons. The molecule has 2 aliphatic rings. The molecule has 0 aliphatic carbocycles. The third-order valence-corrected chi connectivity index (χ3v) is 3.29. The van der Waals surface area contributed by atoms with Crippen molar-refractivity contribution in [2.75, 3.05) is 13.2 Å². The Morgan fingerprint density at radius 3 is 2.82 bits per heavy atom. The highest BCUT2D eigenvalue weighted by Crippen LogP contribution is 2.40. The Morgan fingerprint density at radius 1 is 1.29 bits per heavy atom. The molecule has 0 aromatic heterocycles. The first-order valence-electron chi connectivity index (χ1n) is 5.94. The predicted octanol–water partition coefficient (Wildman–Crippen LogP) is 1.87. The summed E-state index contributed by atoms with van der Waals surface area (Å²) in [5.74, 6) is 2.14. The molecule has 1 unspecified atom stereocenters. The van der Waals surface area contributed by atoms with E-state index in [2.05, 4.69) is 6.07 Å². The van der Waals surface area contributed by atoms with Crippen LogP contribution in [-0.4, -0.2) is 19.3 Å². The number of fused-ring (bicyclic) bond motifs is 2. The third kappa shape index (κ3) is 2.09. The highest BCUT2D eigenvalue weighted by Gasteiger charge is 2.26. The Labute approximate surface area is 108 Å². The predicted molar refractivity (Wildman–Crippen MR) is 69.4 cm³/mol. The molecule has 0 radical (unpaired) electrons. The molecule has 1 atom stereocenters. The summed E-state index contributed by atoms with van der Waals surface area (Å²) in [5, 5.41) is 0. The van der Waals surface area contributed by atoms with Crippen molar-refractivity contribution in [3.05, 3.63) is 22.8 Å². The minimum Gasteiger partial charge on any atom is -0.493 e. The second-order valence-electron chi connectivity index (χ2n) is 4.70. The molecule has 0 saturated heterocycles. The quantitative estimate of drug-likeness (QED) is 0.878. The first-order chi connectivity index (χ1) is 7.75. The van der Waals surface area contributed by atoms with Crippen molar-refractivity contribution < 1.29 is 9.47 Å². The average molecular weight is 256 g/mol. The summed E-state index contributed by atoms with van der Waals surface area (Å²) >= 11 is 0. The number of halogens is 1. The topological polar surface area (TPSA) is 44.5 Å². The van der Waals surface area contributed by atoms with Gasteiger partial charge in [-0.2, -0.15) is 0 Å². The van der Waals surface area contributed by atoms with E-state index in [-0.39, 0.29) is 18.4 Å². The zero-order valence-corrected chi connectivity index (χ0v) is 10.8. The van der Waals surface area contributed by atoms with Gasteiger partial charge in [0.15, 0.2) is 0 Å². The van der Waals surface area contributed by atoms with Crippen LogP contribution in [0.3, 0.4) is 0 Å². The van der Waals surface area contributed by atoms with Crippen LogP contribution in [0.1, 0.15) is 23.6 Å². The van der Waals surface area contributed by atoms with E-state index in [4.69, 9.17) is 15.2 Å². The van der Waals surface area contributed by atoms with Gasteiger partial charge in [0.05, 0.1) is 13.2 Å². The van der Waals surface area contributed by atoms with Crippen LogP contribution in [0.25, 0.3) is 0 Å². The van der Waals surface area contributed by atoms with E-state index in [1.54, 1.807) is 0 Å². The molecule has 1 aromatic carbocycles. The molecule has 0 amide bonds. The number of hydrogen-bond donors (Lipinski definition) is 1. The fourth-order valence-corrected chi connectivity index (χ4v) is 2.62. The van der Waals surface area contributed by atoms with Crippen molar-refractivity contribution in [3.8, 4) is 11.5 Å². The highest BCUT2D eigenvalue weighted by atomic mass is 35.5. The lowest BCUT2D eigenvalue weighted by molar-refractivity contribution is 0.352. The summed E-state index contributed by atoms with van der Waals surface area (Å²) in [6.45, 7) is 3.63. The Bertz CT molecular complexity index is 400. The van der Waals surface area contributed by atoms with Crippen molar-refractivity contribution in [2.45, 2.75) is 32.2 Å². The highest BCUT2D eigenvalue weighted by molar-refractivity contribution is 5.85. The van der Waals surface area contributed by atoms with Crippen LogP contribution in [0.5, 0.6) is 11.5 Å². The minimum absolute atomic E-state index is 0. The zero-order valence-electron chi connectivity index (χ0n) is 9.99. The summed E-state index contributed by atoms with van der Waals surface area (Å²) in [7, 11) is 0. The molecule has 0 fully saturated rings. The van der Waals surface area contributed by atoms with Crippen molar-refractivity contribution in [3.63, 3.8) is 0 Å². The van der Waals surface area contributed by atoms with Gasteiger partial charge in [-0.3, -0.25) is 0 Å². The zero-order chi connectivity index (χ0) is 11.1. The second-order valence-corrected chi connectivity index (χ2v) is 4.70. The fourth-order valence-electron chi connectivity index (χ4n) is 2.62. The van der Waals surface area contributed by atoms with Gasteiger partial charge in [-0.05, 0) is 19.4 Å². The number of hydrogen-bond acceptors (Lipinski definition) is 3. The molecule has 0 saturated carbocycles. The van der Waals surface area contributed by atoms with Gasteiger partial charge in [0.2, 0.25) is 0 Å². The summed E-state index contributed by atoms with van der Waals surface area (Å²) in [6, 6.07) is 2.32. The van der Waals surface area contributed by atoms with Crippen molar-refractivity contribution in [1.82, 2.24) is 0 Å². The molecule has 17 heavy (non-hydrogen) atoms. The Balaban J connectivity index is 0.00000108. The van der Waals surface area contributed by atoms with Crippen molar-refractivity contribution in [1.29, 1.82) is 0 Å². The van der Waals surface area contributed by atoms with Gasteiger partial charge >= 0.3 is 0 Å². The van der Waals surface area contributed by atoms with Crippen LogP contribution in [0.2, 0.25) is 0 Å². The summed E-state index contributed by atoms with van der Waals surface area (Å²) in [4.78, 5) is 0. The van der Waals surface area contributed by atoms with Gasteiger partial charge in [-0.25, -0.2) is 0 Å². The molecule has 0 bridgehead atoms. The first-order valence-corrected chi connectivity index (χ1v) is 5.94. The Morgan fingerprint density at radius 2 is 2.06 bits per heavy atom. The Kier molecular flexibility index (Phi) is 3.50. The summed E-state index contributed by atoms with van der Waals surface area (Å²) < 4.78 is 11.4. The molecule has 2 N–H and O–H groups in total. The van der Waals surface area contributed by atoms with Gasteiger partial charge in [-0.1, -0.05) is 0 Å². The van der Waals surface area contributed by atoms with Gasteiger partial charge in [0.25, 0.3) is 0 Å². The monoisotopic (exact) mass is 255 g/mol. The van der Waals surface area contributed by atoms with E-state index in [0.29, 0.717) is 0 Å². The molecule has 3 nitrogen and oxygen atoms in total. The standard InChI is InChI=1S/C13H17NO2.ClH/c1-8(14)6-11-10-3-5-15-12(10)7-9-2-4-16-13(9)11;/h7-8H,2-6,14H2,1H3;1H. The van der Waals surface area contributed by atoms with Crippen LogP contribution < -0.4 is 15.2 Å². The van der Waals surface area contributed by atoms with Gasteiger partial charge < -0.3 is 15.2 Å². The first kappa shape index (κ1) is 12.5. The maximum absolute atomic E-state index is 5.92. The third-order valence-electron chi connectivity index (χ3n) is 3.29. The molecule has 4 heteroatoms. The molecule has 2 heterocycles. The lowest BCUT2D eigenvalue weighted by Gasteiger charge is -2.14. The molecular formula is C13H18ClNO2. The van der Waals surface area contributed by atoms with E-state index >= 15 is 0 Å². The normalized spacial score (nSPS) is 17.5. The largest absolute Gasteiger partial charge is 0.493 e. The maximum Gasteiger partial charge on any atom is 0.126 e. The number of ether oxygens (including phenoxy) is 2. The summed E-state index contributed by atoms with van der Waals surface area (Å²) in [5.41, 5.74) is 9.81. The summed E-state index contributed by atoms with van der Waals surface area (Å²) in [6.07, 6.45) is 2.88. The Hall–Kier alpha value is -0.930. The smallest absolute Gasteiger partial charge is 0.126 e. The lowest BCUT2D eigenvalue weighted by atomic mass is 9.95. The van der Waals surface area contributed by atoms with Gasteiger partial charge in [0.1, 0.15) is 11.5 Å². The van der Waals surface area contributed by atoms with Crippen LogP contribution in [0.15, 0.2) is 6.07 Å². The van der Waals surface area contributed by atoms with E-state index in [1.165, 1.54) is 16.7 Å². The minimum atomic E-state index is 0. The van der Waals surface area contributed by atoms with Crippen LogP contribution in [-0.2, 0) is 19.3 Å². The van der Waals surface area contributed by atoms with E-state index in [9.17, 15) is 0 Å². The van der Waals surface area contributed by atoms with Crippen molar-refractivity contribution in [2.24, 2.45) is 5.73 Å². The average Bonchev–Trinajstić information content (AvgIpc) is 2.83. The van der Waals surface area contributed by atoms with Crippen LogP contribution in [0.4, 0.5) is 0 Å². The van der Waals surface area contributed by atoms with Gasteiger partial charge in [-0.15, -0.1) is 12.4 Å². The van der Waals surface area contributed by atoms with Crippen LogP contribution >= 0.6 is 12.4 Å². The maximum atomic E-state index is 5.92. The van der Waals surface area contributed by atoms with Crippen molar-refractivity contribution >= 4 is 12.4 Å². The molecule has 1 aromatic rings. The number of rotatable bonds is 2. The lowest BCUT2D eigenvalue weighted by Crippen LogP contribution is -2.19. The SMILES string of the molecule is CC(N)Cc1c2c(cc3c1OCC3)OCC2.Cl. The van der Waals surface area contributed by atoms with Crippen LogP contribution in [0, 0.1) is 0 Å². The van der Waals surface area contributed by atoms with E-state index < -0.39 is 0 Å². The fraction of sp³-hybridized carbons (Fsp3) is 0.538.